The SMILES string of the molecule is CNC(=O)C(C)N(Cc1c(Cl)cccc1Cl)C(=O)CCc1ccc2c(c1)OCO2. The molecule has 1 N–H and O–H groups in total. The van der Waals surface area contributed by atoms with Gasteiger partial charge in [-0.05, 0) is 43.2 Å². The number of ether oxygens (including phenoxy) is 2. The first-order chi connectivity index (χ1) is 13.9. The van der Waals surface area contributed by atoms with Crippen LogP contribution < -0.4 is 14.8 Å². The molecule has 0 bridgehead atoms. The molecule has 6 nitrogen and oxygen atoms in total. The smallest absolute Gasteiger partial charge is 0.242 e. The molecule has 2 aromatic rings. The van der Waals surface area contributed by atoms with Crippen molar-refractivity contribution in [3.63, 3.8) is 0 Å². The van der Waals surface area contributed by atoms with E-state index < -0.39 is 6.04 Å². The Morgan fingerprint density at radius 3 is 2.52 bits per heavy atom. The van der Waals surface area contributed by atoms with Crippen molar-refractivity contribution in [1.82, 2.24) is 10.2 Å². The van der Waals surface area contributed by atoms with Gasteiger partial charge in [0.25, 0.3) is 0 Å². The highest BCUT2D eigenvalue weighted by Crippen LogP contribution is 2.33. The van der Waals surface area contributed by atoms with Gasteiger partial charge in [-0.25, -0.2) is 0 Å². The molecule has 1 unspecified atom stereocenters. The zero-order valence-electron chi connectivity index (χ0n) is 16.2. The van der Waals surface area contributed by atoms with Crippen LogP contribution in [0.2, 0.25) is 10.0 Å². The number of likely N-dealkylation sites (N-methyl/N-ethyl adjacent to an activating group) is 1. The number of nitrogens with zero attached hydrogens (tertiary/aromatic N) is 1. The van der Waals surface area contributed by atoms with Gasteiger partial charge in [0.05, 0.1) is 0 Å². The first-order valence-electron chi connectivity index (χ1n) is 9.23. The molecule has 0 aromatic heterocycles. The number of rotatable bonds is 7. The number of aryl methyl sites for hydroxylation is 1. The fourth-order valence-corrected chi connectivity index (χ4v) is 3.65. The molecular weight excluding hydrogens is 415 g/mol. The summed E-state index contributed by atoms with van der Waals surface area (Å²) in [4.78, 5) is 26.8. The van der Waals surface area contributed by atoms with Gasteiger partial charge in [0.1, 0.15) is 6.04 Å². The van der Waals surface area contributed by atoms with E-state index >= 15 is 0 Å². The molecule has 3 rings (SSSR count). The molecule has 0 radical (unpaired) electrons. The normalized spacial score (nSPS) is 13.1. The lowest BCUT2D eigenvalue weighted by molar-refractivity contribution is -0.140. The van der Waals surface area contributed by atoms with Crippen LogP contribution in [-0.4, -0.2) is 36.6 Å². The molecule has 1 aliphatic heterocycles. The van der Waals surface area contributed by atoms with Gasteiger partial charge < -0.3 is 19.7 Å². The molecule has 1 atom stereocenters. The number of carbonyl (C=O) groups is 2. The Labute approximate surface area is 179 Å². The number of benzene rings is 2. The third-order valence-corrected chi connectivity index (χ3v) is 5.58. The molecule has 0 fully saturated rings. The van der Waals surface area contributed by atoms with E-state index in [2.05, 4.69) is 5.32 Å². The molecule has 0 saturated carbocycles. The molecule has 8 heteroatoms. The lowest BCUT2D eigenvalue weighted by Crippen LogP contribution is -2.46. The maximum Gasteiger partial charge on any atom is 0.242 e. The molecular formula is C21H22Cl2N2O4. The third kappa shape index (κ3) is 4.95. The van der Waals surface area contributed by atoms with Crippen molar-refractivity contribution >= 4 is 35.0 Å². The highest BCUT2D eigenvalue weighted by molar-refractivity contribution is 6.36. The standard InChI is InChI=1S/C21H22Cl2N2O4/c1-13(21(27)24-2)25(11-15-16(22)4-3-5-17(15)23)20(26)9-7-14-6-8-18-19(10-14)29-12-28-18/h3-6,8,10,13H,7,9,11-12H2,1-2H3,(H,24,27). The lowest BCUT2D eigenvalue weighted by Gasteiger charge is -2.29. The van der Waals surface area contributed by atoms with Crippen LogP contribution in [0.1, 0.15) is 24.5 Å². The predicted molar refractivity (Wildman–Crippen MR) is 111 cm³/mol. The van der Waals surface area contributed by atoms with Crippen molar-refractivity contribution in [2.45, 2.75) is 32.4 Å². The summed E-state index contributed by atoms with van der Waals surface area (Å²) in [6.07, 6.45) is 0.728. The maximum atomic E-state index is 13.0. The summed E-state index contributed by atoms with van der Waals surface area (Å²) in [6.45, 7) is 2.03. The molecule has 2 amide bonds. The molecule has 2 aromatic carbocycles. The van der Waals surface area contributed by atoms with Gasteiger partial charge in [-0.2, -0.15) is 0 Å². The first-order valence-corrected chi connectivity index (χ1v) is 9.98. The van der Waals surface area contributed by atoms with Gasteiger partial charge in [-0.1, -0.05) is 35.3 Å². The maximum absolute atomic E-state index is 13.0. The Morgan fingerprint density at radius 2 is 1.83 bits per heavy atom. The van der Waals surface area contributed by atoms with Gasteiger partial charge in [-0.15, -0.1) is 0 Å². The summed E-state index contributed by atoms with van der Waals surface area (Å²) in [5.74, 6) is 0.941. The fraction of sp³-hybridized carbons (Fsp3) is 0.333. The average molecular weight is 437 g/mol. The number of halogens is 2. The van der Waals surface area contributed by atoms with Crippen molar-refractivity contribution in [3.05, 3.63) is 57.6 Å². The average Bonchev–Trinajstić information content (AvgIpc) is 3.18. The summed E-state index contributed by atoms with van der Waals surface area (Å²) >= 11 is 12.5. The molecule has 154 valence electrons. The van der Waals surface area contributed by atoms with Crippen molar-refractivity contribution in [1.29, 1.82) is 0 Å². The summed E-state index contributed by atoms with van der Waals surface area (Å²) in [5, 5.41) is 3.50. The highest BCUT2D eigenvalue weighted by Gasteiger charge is 2.26. The van der Waals surface area contributed by atoms with E-state index in [1.807, 2.05) is 18.2 Å². The predicted octanol–water partition coefficient (Wildman–Crippen LogP) is 3.82. The molecule has 0 aliphatic carbocycles. The van der Waals surface area contributed by atoms with Gasteiger partial charge >= 0.3 is 0 Å². The summed E-state index contributed by atoms with van der Waals surface area (Å²) in [6, 6.07) is 10.1. The number of fused-ring (bicyclic) bond motifs is 1. The molecule has 1 aliphatic rings. The zero-order chi connectivity index (χ0) is 21.0. The number of amides is 2. The Morgan fingerprint density at radius 1 is 1.14 bits per heavy atom. The number of hydrogen-bond donors (Lipinski definition) is 1. The fourth-order valence-electron chi connectivity index (χ4n) is 3.14. The summed E-state index contributed by atoms with van der Waals surface area (Å²) in [5.41, 5.74) is 1.56. The molecule has 1 heterocycles. The Bertz CT molecular complexity index is 899. The van der Waals surface area contributed by atoms with Crippen LogP contribution in [0.15, 0.2) is 36.4 Å². The topological polar surface area (TPSA) is 67.9 Å². The second-order valence-corrected chi connectivity index (χ2v) is 7.51. The monoisotopic (exact) mass is 436 g/mol. The molecule has 29 heavy (non-hydrogen) atoms. The van der Waals surface area contributed by atoms with E-state index in [0.717, 1.165) is 5.56 Å². The van der Waals surface area contributed by atoms with Gasteiger partial charge in [-0.3, -0.25) is 9.59 Å². The van der Waals surface area contributed by atoms with Crippen LogP contribution in [-0.2, 0) is 22.6 Å². The van der Waals surface area contributed by atoms with Crippen LogP contribution >= 0.6 is 23.2 Å². The van der Waals surface area contributed by atoms with Gasteiger partial charge in [0.15, 0.2) is 11.5 Å². The Hall–Kier alpha value is -2.44. The van der Waals surface area contributed by atoms with Crippen molar-refractivity contribution in [2.75, 3.05) is 13.8 Å². The van der Waals surface area contributed by atoms with Crippen LogP contribution in [0, 0.1) is 0 Å². The minimum atomic E-state index is -0.670. The second kappa shape index (κ2) is 9.37. The van der Waals surface area contributed by atoms with E-state index in [1.54, 1.807) is 25.1 Å². The quantitative estimate of drug-likeness (QED) is 0.716. The number of nitrogens with one attached hydrogen (secondary N) is 1. The van der Waals surface area contributed by atoms with Crippen LogP contribution in [0.25, 0.3) is 0 Å². The van der Waals surface area contributed by atoms with Crippen molar-refractivity contribution < 1.29 is 19.1 Å². The molecule has 0 spiro atoms. The Kier molecular flexibility index (Phi) is 6.87. The largest absolute Gasteiger partial charge is 0.454 e. The van der Waals surface area contributed by atoms with Crippen LogP contribution in [0.4, 0.5) is 0 Å². The second-order valence-electron chi connectivity index (χ2n) is 6.70. The zero-order valence-corrected chi connectivity index (χ0v) is 17.7. The lowest BCUT2D eigenvalue weighted by atomic mass is 10.1. The van der Waals surface area contributed by atoms with Crippen molar-refractivity contribution in [3.8, 4) is 11.5 Å². The van der Waals surface area contributed by atoms with Crippen LogP contribution in [0.3, 0.4) is 0 Å². The van der Waals surface area contributed by atoms with Gasteiger partial charge in [0.2, 0.25) is 18.6 Å². The summed E-state index contributed by atoms with van der Waals surface area (Å²) < 4.78 is 10.7. The minimum Gasteiger partial charge on any atom is -0.454 e. The minimum absolute atomic E-state index is 0.146. The van der Waals surface area contributed by atoms with Crippen LogP contribution in [0.5, 0.6) is 11.5 Å². The Balaban J connectivity index is 1.76. The van der Waals surface area contributed by atoms with E-state index in [1.165, 1.54) is 11.9 Å². The summed E-state index contributed by atoms with van der Waals surface area (Å²) in [7, 11) is 1.54. The van der Waals surface area contributed by atoms with E-state index in [-0.39, 0.29) is 31.6 Å². The number of carbonyl (C=O) groups excluding carboxylic acids is 2. The first kappa shape index (κ1) is 21.3. The van der Waals surface area contributed by atoms with E-state index in [9.17, 15) is 9.59 Å². The third-order valence-electron chi connectivity index (χ3n) is 4.87. The number of hydrogen-bond acceptors (Lipinski definition) is 4. The molecule has 0 saturated heterocycles. The highest BCUT2D eigenvalue weighted by atomic mass is 35.5. The van der Waals surface area contributed by atoms with E-state index in [4.69, 9.17) is 32.7 Å². The van der Waals surface area contributed by atoms with Gasteiger partial charge in [0, 0.05) is 35.6 Å². The van der Waals surface area contributed by atoms with Crippen molar-refractivity contribution in [2.24, 2.45) is 0 Å². The van der Waals surface area contributed by atoms with E-state index in [0.29, 0.717) is 33.5 Å².